The van der Waals surface area contributed by atoms with Gasteiger partial charge in [0.15, 0.2) is 5.78 Å². The number of allylic oxidation sites excluding steroid dienone is 2. The zero-order valence-corrected chi connectivity index (χ0v) is 17.0. The third-order valence-corrected chi connectivity index (χ3v) is 5.12. The Morgan fingerprint density at radius 3 is 2.41 bits per heavy atom. The van der Waals surface area contributed by atoms with Crippen LogP contribution in [0.1, 0.15) is 55.5 Å². The van der Waals surface area contributed by atoms with Gasteiger partial charge >= 0.3 is 11.9 Å². The predicted octanol–water partition coefficient (Wildman–Crippen LogP) is 2.96. The van der Waals surface area contributed by atoms with Crippen molar-refractivity contribution in [1.29, 1.82) is 0 Å². The third-order valence-electron chi connectivity index (χ3n) is 5.12. The van der Waals surface area contributed by atoms with Gasteiger partial charge in [0, 0.05) is 18.4 Å². The summed E-state index contributed by atoms with van der Waals surface area (Å²) in [7, 11) is 1.30. The molecule has 2 aliphatic rings. The summed E-state index contributed by atoms with van der Waals surface area (Å²) in [5.74, 6) is -1.48. The van der Waals surface area contributed by atoms with Crippen molar-refractivity contribution < 1.29 is 28.6 Å². The monoisotopic (exact) mass is 399 g/mol. The highest BCUT2D eigenvalue weighted by atomic mass is 16.5. The maximum absolute atomic E-state index is 13.1. The SMILES string of the molecule is CCOC(=O)C1=C(N)OC2=C(C(=O)CC(C)(C)C2)C1c1ccc(C(=O)OC)cc1. The van der Waals surface area contributed by atoms with E-state index >= 15 is 0 Å². The van der Waals surface area contributed by atoms with Gasteiger partial charge in [-0.25, -0.2) is 9.59 Å². The summed E-state index contributed by atoms with van der Waals surface area (Å²) in [6, 6.07) is 6.55. The minimum absolute atomic E-state index is 0.0604. The lowest BCUT2D eigenvalue weighted by Crippen LogP contribution is -2.35. The molecular formula is C22H25NO6. The Hall–Kier alpha value is -3.09. The van der Waals surface area contributed by atoms with Gasteiger partial charge in [-0.2, -0.15) is 0 Å². The lowest BCUT2D eigenvalue weighted by atomic mass is 9.70. The molecule has 0 fully saturated rings. The number of esters is 2. The van der Waals surface area contributed by atoms with E-state index in [0.29, 0.717) is 35.3 Å². The van der Waals surface area contributed by atoms with E-state index in [-0.39, 0.29) is 29.3 Å². The molecule has 1 heterocycles. The van der Waals surface area contributed by atoms with E-state index in [1.165, 1.54) is 7.11 Å². The van der Waals surface area contributed by atoms with Gasteiger partial charge in [0.1, 0.15) is 11.3 Å². The molecule has 0 aromatic heterocycles. The van der Waals surface area contributed by atoms with Gasteiger partial charge in [-0.15, -0.1) is 0 Å². The first-order valence-electron chi connectivity index (χ1n) is 9.47. The predicted molar refractivity (Wildman–Crippen MR) is 105 cm³/mol. The molecule has 7 nitrogen and oxygen atoms in total. The number of methoxy groups -OCH3 is 1. The smallest absolute Gasteiger partial charge is 0.340 e. The third kappa shape index (κ3) is 3.90. The molecule has 0 spiro atoms. The van der Waals surface area contributed by atoms with Crippen molar-refractivity contribution in [1.82, 2.24) is 0 Å². The van der Waals surface area contributed by atoms with Crippen LogP contribution in [-0.2, 0) is 23.8 Å². The second-order valence-corrected chi connectivity index (χ2v) is 7.92. The molecule has 0 saturated carbocycles. The summed E-state index contributed by atoms with van der Waals surface area (Å²) < 4.78 is 15.7. The Morgan fingerprint density at radius 1 is 1.17 bits per heavy atom. The van der Waals surface area contributed by atoms with Crippen LogP contribution in [0.25, 0.3) is 0 Å². The minimum Gasteiger partial charge on any atom is -0.465 e. The Bertz CT molecular complexity index is 923. The number of hydrogen-bond donors (Lipinski definition) is 1. The van der Waals surface area contributed by atoms with E-state index < -0.39 is 17.9 Å². The number of carbonyl (C=O) groups excluding carboxylic acids is 3. The Kier molecular flexibility index (Phi) is 5.50. The van der Waals surface area contributed by atoms with Crippen molar-refractivity contribution in [3.8, 4) is 0 Å². The fourth-order valence-corrected chi connectivity index (χ4v) is 3.86. The Balaban J connectivity index is 2.13. The number of hydrogen-bond acceptors (Lipinski definition) is 7. The van der Waals surface area contributed by atoms with Gasteiger partial charge < -0.3 is 19.9 Å². The fourth-order valence-electron chi connectivity index (χ4n) is 3.86. The number of Topliss-reactive ketones (excluding diaryl/α,β-unsaturated/α-hetero) is 1. The maximum atomic E-state index is 13.1. The average molecular weight is 399 g/mol. The molecule has 3 rings (SSSR count). The number of rotatable bonds is 4. The van der Waals surface area contributed by atoms with Crippen LogP contribution in [0, 0.1) is 5.41 Å². The van der Waals surface area contributed by atoms with Crippen LogP contribution in [-0.4, -0.2) is 31.4 Å². The number of carbonyl (C=O) groups is 3. The molecule has 29 heavy (non-hydrogen) atoms. The number of benzene rings is 1. The van der Waals surface area contributed by atoms with Crippen LogP contribution >= 0.6 is 0 Å². The van der Waals surface area contributed by atoms with Gasteiger partial charge in [0.25, 0.3) is 0 Å². The normalized spacial score (nSPS) is 20.7. The van der Waals surface area contributed by atoms with Crippen molar-refractivity contribution in [3.05, 3.63) is 58.2 Å². The van der Waals surface area contributed by atoms with Gasteiger partial charge in [0.05, 0.1) is 25.2 Å². The van der Waals surface area contributed by atoms with Crippen LogP contribution in [0.15, 0.2) is 47.1 Å². The first-order chi connectivity index (χ1) is 13.7. The largest absolute Gasteiger partial charge is 0.465 e. The molecule has 1 aromatic rings. The summed E-state index contributed by atoms with van der Waals surface area (Å²) in [5.41, 5.74) is 7.38. The molecule has 7 heteroatoms. The van der Waals surface area contributed by atoms with Crippen molar-refractivity contribution in [2.45, 2.75) is 39.5 Å². The van der Waals surface area contributed by atoms with Gasteiger partial charge in [0.2, 0.25) is 5.88 Å². The number of nitrogens with two attached hydrogens (primary N) is 1. The molecular weight excluding hydrogens is 374 g/mol. The maximum Gasteiger partial charge on any atom is 0.340 e. The highest BCUT2D eigenvalue weighted by Crippen LogP contribution is 2.48. The van der Waals surface area contributed by atoms with Crippen LogP contribution in [0.5, 0.6) is 0 Å². The van der Waals surface area contributed by atoms with E-state index in [2.05, 4.69) is 0 Å². The molecule has 2 N–H and O–H groups in total. The lowest BCUT2D eigenvalue weighted by molar-refractivity contribution is -0.139. The van der Waals surface area contributed by atoms with E-state index in [9.17, 15) is 14.4 Å². The summed E-state index contributed by atoms with van der Waals surface area (Å²) in [4.78, 5) is 37.5. The van der Waals surface area contributed by atoms with Crippen LogP contribution < -0.4 is 5.73 Å². The summed E-state index contributed by atoms with van der Waals surface area (Å²) in [6.45, 7) is 5.83. The lowest BCUT2D eigenvalue weighted by Gasteiger charge is -2.37. The Morgan fingerprint density at radius 2 is 1.83 bits per heavy atom. The highest BCUT2D eigenvalue weighted by Gasteiger charge is 2.45. The average Bonchev–Trinajstić information content (AvgIpc) is 2.65. The van der Waals surface area contributed by atoms with E-state index in [4.69, 9.17) is 19.9 Å². The quantitative estimate of drug-likeness (QED) is 0.776. The van der Waals surface area contributed by atoms with Crippen molar-refractivity contribution >= 4 is 17.7 Å². The second kappa shape index (κ2) is 7.73. The van der Waals surface area contributed by atoms with E-state index in [1.54, 1.807) is 31.2 Å². The molecule has 1 aliphatic carbocycles. The summed E-state index contributed by atoms with van der Waals surface area (Å²) in [5, 5.41) is 0. The van der Waals surface area contributed by atoms with Gasteiger partial charge in [-0.1, -0.05) is 26.0 Å². The molecule has 0 saturated heterocycles. The molecule has 1 aromatic carbocycles. The molecule has 0 amide bonds. The molecule has 0 radical (unpaired) electrons. The van der Waals surface area contributed by atoms with Gasteiger partial charge in [-0.3, -0.25) is 4.79 Å². The topological polar surface area (TPSA) is 105 Å². The number of ether oxygens (including phenoxy) is 3. The zero-order chi connectivity index (χ0) is 21.3. The first kappa shape index (κ1) is 20.6. The summed E-state index contributed by atoms with van der Waals surface area (Å²) >= 11 is 0. The summed E-state index contributed by atoms with van der Waals surface area (Å²) in [6.07, 6.45) is 0.865. The molecule has 154 valence electrons. The molecule has 0 bridgehead atoms. The molecule has 1 aliphatic heterocycles. The molecule has 1 atom stereocenters. The second-order valence-electron chi connectivity index (χ2n) is 7.92. The fraction of sp³-hybridized carbons (Fsp3) is 0.409. The van der Waals surface area contributed by atoms with Crippen molar-refractivity contribution in [2.75, 3.05) is 13.7 Å². The van der Waals surface area contributed by atoms with Crippen LogP contribution in [0.3, 0.4) is 0 Å². The van der Waals surface area contributed by atoms with Crippen molar-refractivity contribution in [3.63, 3.8) is 0 Å². The minimum atomic E-state index is -0.715. The standard InChI is InChI=1S/C22H25NO6/c1-5-28-21(26)18-16(12-6-8-13(9-7-12)20(25)27-4)17-14(24)10-22(2,3)11-15(17)29-19(18)23/h6-9,16H,5,10-11,23H2,1-4H3. The first-order valence-corrected chi connectivity index (χ1v) is 9.47. The zero-order valence-electron chi connectivity index (χ0n) is 17.0. The van der Waals surface area contributed by atoms with Gasteiger partial charge in [-0.05, 0) is 30.0 Å². The number of ketones is 1. The van der Waals surface area contributed by atoms with Crippen LogP contribution in [0.4, 0.5) is 0 Å². The molecule has 1 unspecified atom stereocenters. The highest BCUT2D eigenvalue weighted by molar-refractivity contribution is 6.03. The van der Waals surface area contributed by atoms with E-state index in [1.807, 2.05) is 13.8 Å². The Labute approximate surface area is 169 Å². The van der Waals surface area contributed by atoms with E-state index in [0.717, 1.165) is 0 Å². The van der Waals surface area contributed by atoms with Crippen molar-refractivity contribution in [2.24, 2.45) is 11.1 Å². The van der Waals surface area contributed by atoms with Crippen LogP contribution in [0.2, 0.25) is 0 Å².